The third-order valence-electron chi connectivity index (χ3n) is 7.04. The molecule has 7 heteroatoms. The van der Waals surface area contributed by atoms with Crippen LogP contribution in [0.5, 0.6) is 5.75 Å². The Hall–Kier alpha value is -3.61. The van der Waals surface area contributed by atoms with Crippen molar-refractivity contribution in [2.24, 2.45) is 10.7 Å². The molecule has 0 amide bonds. The van der Waals surface area contributed by atoms with E-state index in [4.69, 9.17) is 15.5 Å². The highest BCUT2D eigenvalue weighted by Gasteiger charge is 2.39. The zero-order valence-electron chi connectivity index (χ0n) is 20.1. The minimum absolute atomic E-state index is 0.549. The topological polar surface area (TPSA) is 81.9 Å². The average molecular weight is 459 g/mol. The third kappa shape index (κ3) is 4.30. The predicted octanol–water partition coefficient (Wildman–Crippen LogP) is 4.19. The highest BCUT2D eigenvalue weighted by atomic mass is 16.5. The van der Waals surface area contributed by atoms with Crippen LogP contribution in [0.2, 0.25) is 0 Å². The Morgan fingerprint density at radius 1 is 1.12 bits per heavy atom. The van der Waals surface area contributed by atoms with Gasteiger partial charge in [-0.3, -0.25) is 0 Å². The van der Waals surface area contributed by atoms with Crippen molar-refractivity contribution >= 4 is 22.4 Å². The molecule has 34 heavy (non-hydrogen) atoms. The van der Waals surface area contributed by atoms with Gasteiger partial charge in [0.15, 0.2) is 0 Å². The van der Waals surface area contributed by atoms with Gasteiger partial charge in [-0.1, -0.05) is 24.3 Å². The van der Waals surface area contributed by atoms with Crippen LogP contribution in [0.3, 0.4) is 0 Å². The van der Waals surface area contributed by atoms with Crippen molar-refractivity contribution in [2.45, 2.75) is 37.9 Å². The SMILES string of the molecule is COc1cccc(N(C)C2(CCc3c[nH]c4ccccc34)N=C(N)C=C(N3CCCCC3)N2)c1. The van der Waals surface area contributed by atoms with Crippen LogP contribution >= 0.6 is 0 Å². The van der Waals surface area contributed by atoms with Gasteiger partial charge in [-0.25, -0.2) is 4.99 Å². The summed E-state index contributed by atoms with van der Waals surface area (Å²) in [6.45, 7) is 2.07. The number of aromatic amines is 1. The number of anilines is 1. The van der Waals surface area contributed by atoms with E-state index in [1.807, 2.05) is 24.3 Å². The molecule has 7 nitrogen and oxygen atoms in total. The fraction of sp³-hybridized carbons (Fsp3) is 0.370. The van der Waals surface area contributed by atoms with Crippen LogP contribution in [-0.2, 0) is 6.42 Å². The normalized spacial score (nSPS) is 20.5. The van der Waals surface area contributed by atoms with Crippen LogP contribution in [0.4, 0.5) is 5.69 Å². The number of rotatable bonds is 7. The summed E-state index contributed by atoms with van der Waals surface area (Å²) < 4.78 is 5.50. The molecule has 0 spiro atoms. The van der Waals surface area contributed by atoms with Crippen LogP contribution in [0.1, 0.15) is 31.2 Å². The highest BCUT2D eigenvalue weighted by molar-refractivity contribution is 5.93. The van der Waals surface area contributed by atoms with Gasteiger partial charge in [0.1, 0.15) is 17.4 Å². The molecule has 1 aromatic heterocycles. The molecule has 3 aromatic rings. The number of benzene rings is 2. The second-order valence-electron chi connectivity index (χ2n) is 9.18. The lowest BCUT2D eigenvalue weighted by Crippen LogP contribution is -2.61. The maximum atomic E-state index is 6.47. The van der Waals surface area contributed by atoms with Gasteiger partial charge < -0.3 is 30.6 Å². The van der Waals surface area contributed by atoms with Crippen molar-refractivity contribution in [1.82, 2.24) is 15.2 Å². The average Bonchev–Trinajstić information content (AvgIpc) is 3.30. The van der Waals surface area contributed by atoms with Gasteiger partial charge in [-0.2, -0.15) is 0 Å². The molecule has 4 N–H and O–H groups in total. The number of H-pyrrole nitrogens is 1. The first-order chi connectivity index (χ1) is 16.6. The molecule has 1 unspecified atom stereocenters. The molecule has 2 aromatic carbocycles. The number of hydrogen-bond donors (Lipinski definition) is 3. The number of nitrogens with one attached hydrogen (secondary N) is 2. The Morgan fingerprint density at radius 2 is 1.94 bits per heavy atom. The molecule has 5 rings (SSSR count). The number of aromatic nitrogens is 1. The van der Waals surface area contributed by atoms with Crippen molar-refractivity contribution in [3.05, 3.63) is 72.2 Å². The maximum Gasteiger partial charge on any atom is 0.210 e. The molecule has 0 aliphatic carbocycles. The Kier molecular flexibility index (Phi) is 6.09. The van der Waals surface area contributed by atoms with Gasteiger partial charge in [0, 0.05) is 61.5 Å². The number of amidine groups is 1. The molecule has 1 fully saturated rings. The van der Waals surface area contributed by atoms with Gasteiger partial charge in [0.25, 0.3) is 0 Å². The number of likely N-dealkylation sites (tertiary alicyclic amines) is 1. The lowest BCUT2D eigenvalue weighted by atomic mass is 10.0. The van der Waals surface area contributed by atoms with Gasteiger partial charge in [0.2, 0.25) is 5.79 Å². The van der Waals surface area contributed by atoms with Crippen molar-refractivity contribution in [2.75, 3.05) is 32.1 Å². The van der Waals surface area contributed by atoms with E-state index in [2.05, 4.69) is 63.7 Å². The Morgan fingerprint density at radius 3 is 2.76 bits per heavy atom. The lowest BCUT2D eigenvalue weighted by molar-refractivity contribution is 0.224. The standard InChI is InChI=1S/C27H34N6O/c1-32(21-9-8-10-22(17-21)34-2)27(14-13-20-19-29-24-12-5-4-11-23(20)24)30-25(28)18-26(31-27)33-15-6-3-7-16-33/h4-5,8-12,17-19,29,31H,3,6-7,13-16H2,1-2H3,(H2,28,30). The monoisotopic (exact) mass is 458 g/mol. The van der Waals surface area contributed by atoms with Gasteiger partial charge in [0.05, 0.1) is 7.11 Å². The highest BCUT2D eigenvalue weighted by Crippen LogP contribution is 2.33. The molecule has 1 atom stereocenters. The third-order valence-corrected chi connectivity index (χ3v) is 7.04. The molecule has 3 heterocycles. The van der Waals surface area contributed by atoms with Gasteiger partial charge in [-0.15, -0.1) is 0 Å². The summed E-state index contributed by atoms with van der Waals surface area (Å²) in [4.78, 5) is 13.0. The number of piperidine rings is 1. The molecule has 2 aliphatic rings. The number of nitrogens with zero attached hydrogens (tertiary/aromatic N) is 3. The van der Waals surface area contributed by atoms with Gasteiger partial charge >= 0.3 is 0 Å². The number of methoxy groups -OCH3 is 1. The quantitative estimate of drug-likeness (QED) is 0.495. The van der Waals surface area contributed by atoms with Crippen LogP contribution < -0.4 is 20.7 Å². The molecular formula is C27H34N6O. The number of nitrogens with two attached hydrogens (primary N) is 1. The molecule has 2 aliphatic heterocycles. The van der Waals surface area contributed by atoms with E-state index in [1.165, 1.54) is 30.2 Å². The van der Waals surface area contributed by atoms with Crippen molar-refractivity contribution < 1.29 is 4.74 Å². The number of fused-ring (bicyclic) bond motifs is 1. The minimum Gasteiger partial charge on any atom is -0.497 e. The number of aliphatic imine (C=N–C) groups is 1. The van der Waals surface area contributed by atoms with Gasteiger partial charge in [-0.05, 0) is 49.4 Å². The number of hydrogen-bond acceptors (Lipinski definition) is 6. The van der Waals surface area contributed by atoms with Crippen LogP contribution in [0.15, 0.2) is 71.6 Å². The molecule has 0 bridgehead atoms. The second-order valence-corrected chi connectivity index (χ2v) is 9.18. The van der Waals surface area contributed by atoms with E-state index in [0.717, 1.165) is 48.7 Å². The molecule has 1 saturated heterocycles. The summed E-state index contributed by atoms with van der Waals surface area (Å²) in [6.07, 6.45) is 9.36. The van der Waals surface area contributed by atoms with Crippen LogP contribution in [-0.4, -0.2) is 48.8 Å². The van der Waals surface area contributed by atoms with Crippen LogP contribution in [0.25, 0.3) is 10.9 Å². The van der Waals surface area contributed by atoms with E-state index in [-0.39, 0.29) is 0 Å². The second kappa shape index (κ2) is 9.33. The minimum atomic E-state index is -0.726. The van der Waals surface area contributed by atoms with E-state index in [9.17, 15) is 0 Å². The molecule has 0 radical (unpaired) electrons. The molecular weight excluding hydrogens is 424 g/mol. The smallest absolute Gasteiger partial charge is 0.210 e. The summed E-state index contributed by atoms with van der Waals surface area (Å²) in [5.41, 5.74) is 9.91. The fourth-order valence-corrected chi connectivity index (χ4v) is 5.09. The largest absolute Gasteiger partial charge is 0.497 e. The fourth-order valence-electron chi connectivity index (χ4n) is 5.09. The van der Waals surface area contributed by atoms with E-state index in [0.29, 0.717) is 5.84 Å². The first-order valence-electron chi connectivity index (χ1n) is 12.1. The van der Waals surface area contributed by atoms with E-state index >= 15 is 0 Å². The summed E-state index contributed by atoms with van der Waals surface area (Å²) in [7, 11) is 3.77. The Labute approximate surface area is 201 Å². The van der Waals surface area contributed by atoms with Crippen molar-refractivity contribution in [1.29, 1.82) is 0 Å². The summed E-state index contributed by atoms with van der Waals surface area (Å²) in [6, 6.07) is 16.5. The lowest BCUT2D eigenvalue weighted by Gasteiger charge is -2.46. The first-order valence-corrected chi connectivity index (χ1v) is 12.1. The molecule has 0 saturated carbocycles. The summed E-state index contributed by atoms with van der Waals surface area (Å²) in [5, 5.41) is 5.06. The van der Waals surface area contributed by atoms with Crippen LogP contribution in [0, 0.1) is 0 Å². The summed E-state index contributed by atoms with van der Waals surface area (Å²) >= 11 is 0. The first kappa shape index (κ1) is 22.2. The van der Waals surface area contributed by atoms with Crippen molar-refractivity contribution in [3.63, 3.8) is 0 Å². The number of para-hydroxylation sites is 1. The Balaban J connectivity index is 1.50. The predicted molar refractivity (Wildman–Crippen MR) is 139 cm³/mol. The van der Waals surface area contributed by atoms with Crippen molar-refractivity contribution in [3.8, 4) is 5.75 Å². The maximum absolute atomic E-state index is 6.47. The Bertz CT molecular complexity index is 1210. The van der Waals surface area contributed by atoms with E-state index < -0.39 is 5.79 Å². The zero-order chi connectivity index (χ0) is 23.5. The zero-order valence-corrected chi connectivity index (χ0v) is 20.1. The summed E-state index contributed by atoms with van der Waals surface area (Å²) in [5.74, 6) is 1.70. The number of ether oxygens (including phenoxy) is 1. The molecule has 178 valence electrons. The number of aryl methyl sites for hydroxylation is 1. The van der Waals surface area contributed by atoms with E-state index in [1.54, 1.807) is 7.11 Å².